The number of ether oxygens (including phenoxy) is 2. The molecule has 0 bridgehead atoms. The highest BCUT2D eigenvalue weighted by Crippen LogP contribution is 2.42. The van der Waals surface area contributed by atoms with Crippen LogP contribution in [0.2, 0.25) is 0 Å². The first-order valence-electron chi connectivity index (χ1n) is 11.0. The van der Waals surface area contributed by atoms with E-state index in [9.17, 15) is 19.5 Å². The van der Waals surface area contributed by atoms with Crippen LogP contribution in [0.25, 0.3) is 0 Å². The number of nitrogens with zero attached hydrogens (tertiary/aromatic N) is 1. The summed E-state index contributed by atoms with van der Waals surface area (Å²) in [4.78, 5) is 38.8. The molecule has 4 rings (SSSR count). The smallest absolute Gasteiger partial charge is 0.257 e. The van der Waals surface area contributed by atoms with Crippen LogP contribution in [0.4, 0.5) is 5.69 Å². The molecule has 1 heterocycles. The largest absolute Gasteiger partial charge is 0.505 e. The molecule has 2 aromatic carbocycles. The summed E-state index contributed by atoms with van der Waals surface area (Å²) in [7, 11) is 4.76. The fraction of sp³-hybridized carbons (Fsp3) is 0.400. The van der Waals surface area contributed by atoms with Gasteiger partial charge in [-0.15, -0.1) is 0 Å². The van der Waals surface area contributed by atoms with Crippen LogP contribution in [0.15, 0.2) is 42.5 Å². The Kier molecular flexibility index (Phi) is 6.33. The molecule has 1 saturated heterocycles. The van der Waals surface area contributed by atoms with Gasteiger partial charge in [-0.3, -0.25) is 19.7 Å². The first-order valence-corrected chi connectivity index (χ1v) is 11.0. The molecule has 0 aromatic heterocycles. The lowest BCUT2D eigenvalue weighted by molar-refractivity contribution is -0.149. The molecule has 3 unspecified atom stereocenters. The number of rotatable bonds is 8. The summed E-state index contributed by atoms with van der Waals surface area (Å²) in [5, 5.41) is 17.0. The van der Waals surface area contributed by atoms with Crippen molar-refractivity contribution >= 4 is 23.2 Å². The van der Waals surface area contributed by atoms with Crippen LogP contribution in [0.3, 0.4) is 0 Å². The number of nitrogens with one attached hydrogen (secondary N) is 2. The van der Waals surface area contributed by atoms with E-state index in [1.165, 1.54) is 11.0 Å². The van der Waals surface area contributed by atoms with Gasteiger partial charge in [-0.1, -0.05) is 25.1 Å². The summed E-state index contributed by atoms with van der Waals surface area (Å²) in [6.45, 7) is 3.09. The van der Waals surface area contributed by atoms with E-state index in [0.717, 1.165) is 11.3 Å². The zero-order valence-electron chi connectivity index (χ0n) is 19.6. The standard InChI is InChI=1S/C25H29N3O6/c1-25(12-34-13-25)23(14-8-10-15(33-4)11-9-14)27-19-18(21(30)22(19)31)26-17-7-5-6-16(20(17)29)24(32)28(2)3/h5-11,18-19,23,26-27,29H,12-13H2,1-4H3. The fourth-order valence-electron chi connectivity index (χ4n) is 4.34. The predicted molar refractivity (Wildman–Crippen MR) is 125 cm³/mol. The van der Waals surface area contributed by atoms with Gasteiger partial charge in [0.05, 0.1) is 31.6 Å². The monoisotopic (exact) mass is 467 g/mol. The molecule has 2 aliphatic rings. The van der Waals surface area contributed by atoms with Crippen molar-refractivity contribution in [3.05, 3.63) is 53.6 Å². The van der Waals surface area contributed by atoms with Crippen molar-refractivity contribution in [2.75, 3.05) is 39.7 Å². The van der Waals surface area contributed by atoms with Crippen molar-refractivity contribution in [2.45, 2.75) is 25.0 Å². The number of Topliss-reactive ketones (excluding diaryl/α,β-unsaturated/α-hetero) is 2. The highest BCUT2D eigenvalue weighted by atomic mass is 16.5. The SMILES string of the molecule is COc1ccc(C(NC2C(=O)C(=O)C2Nc2cccc(C(=O)N(C)C)c2O)C2(C)COC2)cc1. The molecule has 3 atom stereocenters. The Morgan fingerprint density at radius 1 is 1.12 bits per heavy atom. The van der Waals surface area contributed by atoms with E-state index < -0.39 is 23.7 Å². The molecule has 3 N–H and O–H groups in total. The number of methoxy groups -OCH3 is 1. The van der Waals surface area contributed by atoms with Crippen LogP contribution in [0.5, 0.6) is 11.5 Å². The van der Waals surface area contributed by atoms with Crippen LogP contribution >= 0.6 is 0 Å². The second-order valence-electron chi connectivity index (χ2n) is 9.25. The van der Waals surface area contributed by atoms with Gasteiger partial charge in [0.2, 0.25) is 11.6 Å². The molecule has 2 aromatic rings. The number of carbonyl (C=O) groups excluding carboxylic acids is 3. The third-order valence-corrected chi connectivity index (χ3v) is 6.48. The van der Waals surface area contributed by atoms with E-state index in [2.05, 4.69) is 17.6 Å². The molecule has 9 heteroatoms. The number of anilines is 1. The summed E-state index contributed by atoms with van der Waals surface area (Å²) in [5.41, 5.74) is 0.995. The van der Waals surface area contributed by atoms with Crippen LogP contribution in [0.1, 0.15) is 28.9 Å². The summed E-state index contributed by atoms with van der Waals surface area (Å²) in [5.74, 6) is -1.03. The lowest BCUT2D eigenvalue weighted by atomic mass is 9.74. The molecule has 1 aliphatic heterocycles. The summed E-state index contributed by atoms with van der Waals surface area (Å²) in [6.07, 6.45) is 0. The average Bonchev–Trinajstić information content (AvgIpc) is 2.82. The van der Waals surface area contributed by atoms with Crippen molar-refractivity contribution < 1.29 is 29.0 Å². The van der Waals surface area contributed by atoms with Gasteiger partial charge in [0.15, 0.2) is 5.75 Å². The number of hydrogen-bond acceptors (Lipinski definition) is 8. The second-order valence-corrected chi connectivity index (χ2v) is 9.25. The van der Waals surface area contributed by atoms with Crippen LogP contribution in [-0.2, 0) is 14.3 Å². The Bertz CT molecular complexity index is 1110. The second kappa shape index (κ2) is 9.08. The number of phenolic OH excluding ortho intramolecular Hbond substituents is 1. The minimum Gasteiger partial charge on any atom is -0.505 e. The Hall–Kier alpha value is -3.43. The molecule has 0 spiro atoms. The summed E-state index contributed by atoms with van der Waals surface area (Å²) in [6, 6.07) is 10.3. The van der Waals surface area contributed by atoms with E-state index >= 15 is 0 Å². The summed E-state index contributed by atoms with van der Waals surface area (Å²) < 4.78 is 10.7. The van der Waals surface area contributed by atoms with Gasteiger partial charge in [-0.2, -0.15) is 0 Å². The van der Waals surface area contributed by atoms with Gasteiger partial charge in [-0.25, -0.2) is 0 Å². The predicted octanol–water partition coefficient (Wildman–Crippen LogP) is 1.77. The highest BCUT2D eigenvalue weighted by molar-refractivity contribution is 6.49. The molecule has 1 saturated carbocycles. The van der Waals surface area contributed by atoms with Gasteiger partial charge >= 0.3 is 0 Å². The Morgan fingerprint density at radius 2 is 1.76 bits per heavy atom. The molecule has 180 valence electrons. The highest BCUT2D eigenvalue weighted by Gasteiger charge is 2.53. The van der Waals surface area contributed by atoms with Crippen LogP contribution in [0, 0.1) is 5.41 Å². The minimum atomic E-state index is -0.881. The number of carbonyl (C=O) groups is 3. The number of para-hydroxylation sites is 1. The lowest BCUT2D eigenvalue weighted by Gasteiger charge is -2.48. The normalized spacial score (nSPS) is 21.8. The van der Waals surface area contributed by atoms with Crippen LogP contribution in [-0.4, -0.2) is 74.0 Å². The van der Waals surface area contributed by atoms with Crippen molar-refractivity contribution in [2.24, 2.45) is 5.41 Å². The maximum atomic E-state index is 12.6. The Balaban J connectivity index is 1.58. The Morgan fingerprint density at radius 3 is 2.32 bits per heavy atom. The molecule has 34 heavy (non-hydrogen) atoms. The number of ketones is 2. The fourth-order valence-corrected chi connectivity index (χ4v) is 4.34. The van der Waals surface area contributed by atoms with Gasteiger partial charge < -0.3 is 24.8 Å². The topological polar surface area (TPSA) is 117 Å². The number of hydrogen-bond donors (Lipinski definition) is 3. The Labute approximate surface area is 198 Å². The van der Waals surface area contributed by atoms with Crippen LogP contribution < -0.4 is 15.4 Å². The third-order valence-electron chi connectivity index (χ3n) is 6.48. The summed E-state index contributed by atoms with van der Waals surface area (Å²) >= 11 is 0. The maximum Gasteiger partial charge on any atom is 0.257 e. The van der Waals surface area contributed by atoms with E-state index in [0.29, 0.717) is 13.2 Å². The molecular formula is C25H29N3O6. The molecule has 0 radical (unpaired) electrons. The van der Waals surface area contributed by atoms with Gasteiger partial charge in [0.1, 0.15) is 17.8 Å². The zero-order chi connectivity index (χ0) is 24.6. The van der Waals surface area contributed by atoms with Gasteiger partial charge in [0, 0.05) is 25.6 Å². The first kappa shape index (κ1) is 23.7. The van der Waals surface area contributed by atoms with E-state index in [1.807, 2.05) is 24.3 Å². The van der Waals surface area contributed by atoms with E-state index in [-0.39, 0.29) is 34.4 Å². The number of aromatic hydroxyl groups is 1. The lowest BCUT2D eigenvalue weighted by Crippen LogP contribution is -2.69. The van der Waals surface area contributed by atoms with Crippen molar-refractivity contribution in [3.63, 3.8) is 0 Å². The van der Waals surface area contributed by atoms with E-state index in [4.69, 9.17) is 9.47 Å². The molecule has 1 amide bonds. The molecule has 9 nitrogen and oxygen atoms in total. The molecule has 1 aliphatic carbocycles. The third kappa shape index (κ3) is 4.12. The number of phenols is 1. The zero-order valence-corrected chi connectivity index (χ0v) is 19.6. The van der Waals surface area contributed by atoms with Gasteiger partial charge in [0.25, 0.3) is 5.91 Å². The quantitative estimate of drug-likeness (QED) is 0.397. The molecular weight excluding hydrogens is 438 g/mol. The first-order chi connectivity index (χ1) is 16.2. The van der Waals surface area contributed by atoms with Crippen molar-refractivity contribution in [1.29, 1.82) is 0 Å². The van der Waals surface area contributed by atoms with Crippen molar-refractivity contribution in [1.82, 2.24) is 10.2 Å². The maximum absolute atomic E-state index is 12.6. The van der Waals surface area contributed by atoms with Crippen molar-refractivity contribution in [3.8, 4) is 11.5 Å². The number of amides is 1. The molecule has 2 fully saturated rings. The minimum absolute atomic E-state index is 0.104. The van der Waals surface area contributed by atoms with Gasteiger partial charge in [-0.05, 0) is 29.8 Å². The number of benzene rings is 2. The van der Waals surface area contributed by atoms with E-state index in [1.54, 1.807) is 33.3 Å². The average molecular weight is 468 g/mol.